The molecule has 0 aromatic rings. The van der Waals surface area contributed by atoms with Crippen LogP contribution in [0.4, 0.5) is 0 Å². The molecule has 5 nitrogen and oxygen atoms in total. The number of aliphatic imine (C=N–C) groups is 2. The van der Waals surface area contributed by atoms with Crippen LogP contribution in [0, 0.1) is 0 Å². The molecule has 0 spiro atoms. The molecule has 0 aliphatic carbocycles. The molecule has 0 aromatic heterocycles. The van der Waals surface area contributed by atoms with Crippen LogP contribution < -0.4 is 0 Å². The van der Waals surface area contributed by atoms with E-state index in [-0.39, 0.29) is 6.17 Å². The van der Waals surface area contributed by atoms with Gasteiger partial charge in [-0.1, -0.05) is 0 Å². The van der Waals surface area contributed by atoms with E-state index in [1.165, 1.54) is 0 Å². The normalized spacial score (nSPS) is 17.7. The van der Waals surface area contributed by atoms with Crippen LogP contribution in [0.1, 0.15) is 6.92 Å². The Labute approximate surface area is 85.7 Å². The van der Waals surface area contributed by atoms with Gasteiger partial charge in [0.15, 0.2) is 0 Å². The maximum absolute atomic E-state index is 4.45. The molecule has 1 rings (SSSR count). The van der Waals surface area contributed by atoms with Gasteiger partial charge < -0.3 is 9.80 Å². The van der Waals surface area contributed by atoms with Crippen molar-refractivity contribution >= 4 is 11.9 Å². The van der Waals surface area contributed by atoms with Crippen LogP contribution in [0.15, 0.2) is 9.98 Å². The molecule has 1 aliphatic heterocycles. The van der Waals surface area contributed by atoms with Gasteiger partial charge in [-0.3, -0.25) is 4.90 Å². The predicted molar refractivity (Wildman–Crippen MR) is 59.5 cm³/mol. The van der Waals surface area contributed by atoms with E-state index in [1.807, 2.05) is 56.9 Å². The van der Waals surface area contributed by atoms with Gasteiger partial charge in [0.05, 0.1) is 0 Å². The molecule has 1 heterocycles. The highest BCUT2D eigenvalue weighted by Crippen LogP contribution is 2.08. The van der Waals surface area contributed by atoms with Crippen LogP contribution >= 0.6 is 0 Å². The van der Waals surface area contributed by atoms with Gasteiger partial charge in [-0.25, -0.2) is 9.98 Å². The van der Waals surface area contributed by atoms with Gasteiger partial charge in [0.25, 0.3) is 0 Å². The van der Waals surface area contributed by atoms with E-state index in [9.17, 15) is 0 Å². The van der Waals surface area contributed by atoms with Crippen molar-refractivity contribution in [2.45, 2.75) is 13.1 Å². The third-order valence-electron chi connectivity index (χ3n) is 2.00. The van der Waals surface area contributed by atoms with Crippen LogP contribution in [-0.4, -0.2) is 68.0 Å². The van der Waals surface area contributed by atoms with E-state index in [1.54, 1.807) is 0 Å². The standard InChI is InChI=1S/C9H19N5/c1-7-10-8(12(2)3)14(6)9(11-7)13(4)5/h7H,1-6H3. The summed E-state index contributed by atoms with van der Waals surface area (Å²) in [7, 11) is 9.92. The minimum atomic E-state index is 0.000926. The smallest absolute Gasteiger partial charge is 0.204 e. The van der Waals surface area contributed by atoms with Gasteiger partial charge in [0.1, 0.15) is 6.17 Å². The van der Waals surface area contributed by atoms with Crippen molar-refractivity contribution in [1.29, 1.82) is 0 Å². The molecule has 0 unspecified atom stereocenters. The van der Waals surface area contributed by atoms with Crippen molar-refractivity contribution in [2.75, 3.05) is 35.2 Å². The zero-order valence-corrected chi connectivity index (χ0v) is 9.81. The van der Waals surface area contributed by atoms with E-state index in [2.05, 4.69) is 9.98 Å². The van der Waals surface area contributed by atoms with Crippen molar-refractivity contribution in [2.24, 2.45) is 9.98 Å². The number of hydrogen-bond acceptors (Lipinski definition) is 5. The molecule has 0 N–H and O–H groups in total. The third kappa shape index (κ3) is 1.97. The van der Waals surface area contributed by atoms with Gasteiger partial charge in [-0.05, 0) is 6.92 Å². The van der Waals surface area contributed by atoms with Crippen LogP contribution in [0.25, 0.3) is 0 Å². The Morgan fingerprint density at radius 3 is 1.64 bits per heavy atom. The van der Waals surface area contributed by atoms with Crippen molar-refractivity contribution in [3.8, 4) is 0 Å². The first-order valence-corrected chi connectivity index (χ1v) is 4.67. The van der Waals surface area contributed by atoms with Gasteiger partial charge in [0.2, 0.25) is 11.9 Å². The number of guanidine groups is 2. The van der Waals surface area contributed by atoms with Crippen LogP contribution in [0.5, 0.6) is 0 Å². The summed E-state index contributed by atoms with van der Waals surface area (Å²) in [5, 5.41) is 0. The summed E-state index contributed by atoms with van der Waals surface area (Å²) < 4.78 is 0. The predicted octanol–water partition coefficient (Wildman–Crippen LogP) is 0.113. The van der Waals surface area contributed by atoms with Crippen molar-refractivity contribution in [3.63, 3.8) is 0 Å². The summed E-state index contributed by atoms with van der Waals surface area (Å²) in [5.41, 5.74) is 0. The second-order valence-electron chi connectivity index (χ2n) is 3.84. The maximum Gasteiger partial charge on any atom is 0.204 e. The largest absolute Gasteiger partial charge is 0.349 e. The SMILES string of the molecule is CC1N=C(N(C)C)N(C)C(N(C)C)=N1. The average molecular weight is 197 g/mol. The van der Waals surface area contributed by atoms with E-state index < -0.39 is 0 Å². The quantitative estimate of drug-likeness (QED) is 0.553. The summed E-state index contributed by atoms with van der Waals surface area (Å²) in [4.78, 5) is 14.9. The van der Waals surface area contributed by atoms with Crippen molar-refractivity contribution in [3.05, 3.63) is 0 Å². The monoisotopic (exact) mass is 197 g/mol. The zero-order chi connectivity index (χ0) is 10.9. The summed E-state index contributed by atoms with van der Waals surface area (Å²) in [6.07, 6.45) is 0.000926. The lowest BCUT2D eigenvalue weighted by Crippen LogP contribution is -2.50. The lowest BCUT2D eigenvalue weighted by atomic mass is 10.5. The first-order chi connectivity index (χ1) is 6.43. The second-order valence-corrected chi connectivity index (χ2v) is 3.84. The fourth-order valence-electron chi connectivity index (χ4n) is 1.46. The van der Waals surface area contributed by atoms with Crippen LogP contribution in [-0.2, 0) is 0 Å². The molecule has 0 aromatic carbocycles. The molecule has 1 aliphatic rings. The summed E-state index contributed by atoms with van der Waals surface area (Å²) in [6.45, 7) is 1.99. The molecule has 5 heteroatoms. The molecule has 0 saturated heterocycles. The van der Waals surface area contributed by atoms with Gasteiger partial charge >= 0.3 is 0 Å². The van der Waals surface area contributed by atoms with Crippen molar-refractivity contribution in [1.82, 2.24) is 14.7 Å². The highest BCUT2D eigenvalue weighted by Gasteiger charge is 2.22. The molecule has 0 bridgehead atoms. The molecule has 14 heavy (non-hydrogen) atoms. The van der Waals surface area contributed by atoms with E-state index in [0.717, 1.165) is 11.9 Å². The topological polar surface area (TPSA) is 34.4 Å². The summed E-state index contributed by atoms with van der Waals surface area (Å²) >= 11 is 0. The molecular formula is C9H19N5. The minimum Gasteiger partial charge on any atom is -0.349 e. The summed E-state index contributed by atoms with van der Waals surface area (Å²) in [6, 6.07) is 0. The first-order valence-electron chi connectivity index (χ1n) is 4.67. The van der Waals surface area contributed by atoms with E-state index in [4.69, 9.17) is 0 Å². The number of hydrogen-bond donors (Lipinski definition) is 0. The lowest BCUT2D eigenvalue weighted by Gasteiger charge is -2.34. The fourth-order valence-corrected chi connectivity index (χ4v) is 1.46. The zero-order valence-electron chi connectivity index (χ0n) is 9.81. The molecule has 0 saturated carbocycles. The van der Waals surface area contributed by atoms with Crippen LogP contribution in [0.3, 0.4) is 0 Å². The molecule has 80 valence electrons. The molecule has 0 fully saturated rings. The Balaban J connectivity index is 2.94. The number of nitrogens with zero attached hydrogens (tertiary/aromatic N) is 5. The molecule has 0 amide bonds. The van der Waals surface area contributed by atoms with Gasteiger partial charge in [0, 0.05) is 35.2 Å². The maximum atomic E-state index is 4.45. The molecular weight excluding hydrogens is 178 g/mol. The molecule has 0 radical (unpaired) electrons. The second kappa shape index (κ2) is 3.86. The summed E-state index contributed by atoms with van der Waals surface area (Å²) in [5.74, 6) is 1.88. The highest BCUT2D eigenvalue weighted by atomic mass is 15.5. The van der Waals surface area contributed by atoms with E-state index in [0.29, 0.717) is 0 Å². The first kappa shape index (κ1) is 10.8. The highest BCUT2D eigenvalue weighted by molar-refractivity contribution is 5.99. The van der Waals surface area contributed by atoms with Crippen molar-refractivity contribution < 1.29 is 0 Å². The Morgan fingerprint density at radius 1 is 1.00 bits per heavy atom. The minimum absolute atomic E-state index is 0.000926. The Morgan fingerprint density at radius 2 is 1.36 bits per heavy atom. The van der Waals surface area contributed by atoms with Crippen LogP contribution in [0.2, 0.25) is 0 Å². The Bertz CT molecular complexity index is 240. The Kier molecular flexibility index (Phi) is 2.98. The average Bonchev–Trinajstić information content (AvgIpc) is 2.07. The fraction of sp³-hybridized carbons (Fsp3) is 0.778. The Hall–Kier alpha value is -1.26. The van der Waals surface area contributed by atoms with Gasteiger partial charge in [-0.15, -0.1) is 0 Å². The molecule has 0 atom stereocenters. The van der Waals surface area contributed by atoms with E-state index >= 15 is 0 Å². The van der Waals surface area contributed by atoms with Gasteiger partial charge in [-0.2, -0.15) is 0 Å². The third-order valence-corrected chi connectivity index (χ3v) is 2.00. The number of rotatable bonds is 0. The lowest BCUT2D eigenvalue weighted by molar-refractivity contribution is 0.447.